The van der Waals surface area contributed by atoms with Gasteiger partial charge >= 0.3 is 0 Å². The van der Waals surface area contributed by atoms with E-state index in [0.717, 1.165) is 21.6 Å². The SMILES string of the molecule is COc1cccc2c1C(=O)c1c(O)c3c(c(O)c1C2=O)C[C@@](O)(C(=O)CSC1CC(=O)N(CCN2C(=O)CC(SC)C2=O)C1=O)C[C@@H]3O[C@H]1C[C@H]2[C@H](O[C@@H]3[C@@H](OC)OCCN32)[C@H](C)O1. The first-order valence-electron chi connectivity index (χ1n) is 20.9. The Labute approximate surface area is 374 Å². The second-order valence-corrected chi connectivity index (χ2v) is 19.0. The number of rotatable bonds is 12. The van der Waals surface area contributed by atoms with Gasteiger partial charge in [0.1, 0.15) is 29.0 Å². The largest absolute Gasteiger partial charge is 0.507 e. The smallest absolute Gasteiger partial charge is 0.242 e. The van der Waals surface area contributed by atoms with Crippen molar-refractivity contribution in [3.05, 3.63) is 51.6 Å². The average Bonchev–Trinajstić information content (AvgIpc) is 3.89. The molecule has 2 aromatic rings. The Morgan fingerprint density at radius 1 is 0.922 bits per heavy atom. The standard InChI is InChI=1S/C43H47N3O16S2/c1-18-38-21(44-10-11-59-42(58-3)41(44)62-38)12-29(60-18)61-23-16-43(56,26(47)17-64-25-14-28(49)46(40(25)55)9-8-45-27(48)13-24(63-4)39(45)54)15-20-31(23)37(53)33-32(35(20)51)34(50)19-6-5-7-22(57-2)30(19)36(33)52/h5-7,18,21,23-25,29,38,41-42,51,53,56H,8-17H2,1-4H3/t18-,21-,23-,24?,25?,29-,38+,41+,42-,43-/m0/s1. The van der Waals surface area contributed by atoms with Gasteiger partial charge in [-0.1, -0.05) is 12.1 Å². The molecule has 0 aromatic heterocycles. The van der Waals surface area contributed by atoms with Crippen LogP contribution in [0.5, 0.6) is 17.2 Å². The Morgan fingerprint density at radius 2 is 1.61 bits per heavy atom. The number of hydrogen-bond acceptors (Lipinski definition) is 19. The fraction of sp³-hybridized carbons (Fsp3) is 0.558. The van der Waals surface area contributed by atoms with Crippen molar-refractivity contribution in [3.63, 3.8) is 0 Å². The van der Waals surface area contributed by atoms with E-state index in [2.05, 4.69) is 4.90 Å². The first-order chi connectivity index (χ1) is 30.6. The van der Waals surface area contributed by atoms with Crippen LogP contribution in [0.2, 0.25) is 0 Å². The Morgan fingerprint density at radius 3 is 2.28 bits per heavy atom. The third-order valence-corrected chi connectivity index (χ3v) is 15.5. The number of amides is 4. The van der Waals surface area contributed by atoms with Gasteiger partial charge < -0.3 is 43.7 Å². The van der Waals surface area contributed by atoms with Gasteiger partial charge in [0, 0.05) is 81.6 Å². The van der Waals surface area contributed by atoms with Crippen LogP contribution in [0.15, 0.2) is 18.2 Å². The number of thioether (sulfide) groups is 2. The van der Waals surface area contributed by atoms with Crippen molar-refractivity contribution in [2.24, 2.45) is 0 Å². The monoisotopic (exact) mass is 925 g/mol. The number of ether oxygens (including phenoxy) is 6. The molecule has 5 heterocycles. The van der Waals surface area contributed by atoms with Crippen molar-refractivity contribution < 1.29 is 77.3 Å². The van der Waals surface area contributed by atoms with Crippen LogP contribution >= 0.6 is 23.5 Å². The highest BCUT2D eigenvalue weighted by Gasteiger charge is 2.55. The molecule has 342 valence electrons. The summed E-state index contributed by atoms with van der Waals surface area (Å²) in [6.45, 7) is 2.34. The fourth-order valence-corrected chi connectivity index (χ4v) is 11.9. The van der Waals surface area contributed by atoms with Crippen LogP contribution in [-0.4, -0.2) is 177 Å². The van der Waals surface area contributed by atoms with E-state index in [1.165, 1.54) is 44.2 Å². The van der Waals surface area contributed by atoms with Gasteiger partial charge in [-0.25, -0.2) is 0 Å². The van der Waals surface area contributed by atoms with E-state index in [4.69, 9.17) is 28.4 Å². The van der Waals surface area contributed by atoms with Gasteiger partial charge in [-0.2, -0.15) is 11.8 Å². The van der Waals surface area contributed by atoms with Gasteiger partial charge in [0.05, 0.1) is 58.9 Å². The van der Waals surface area contributed by atoms with Crippen LogP contribution in [-0.2, 0) is 54.1 Å². The zero-order chi connectivity index (χ0) is 45.5. The van der Waals surface area contributed by atoms with E-state index in [0.29, 0.717) is 13.2 Å². The van der Waals surface area contributed by atoms with Crippen LogP contribution in [0.25, 0.3) is 0 Å². The number of aliphatic hydroxyl groups is 1. The van der Waals surface area contributed by atoms with Crippen LogP contribution in [0.4, 0.5) is 0 Å². The summed E-state index contributed by atoms with van der Waals surface area (Å²) in [7, 11) is 2.84. The number of methoxy groups -OCH3 is 2. The maximum absolute atomic E-state index is 14.3. The van der Waals surface area contributed by atoms with Gasteiger partial charge in [0.25, 0.3) is 0 Å². The minimum atomic E-state index is -2.33. The van der Waals surface area contributed by atoms with E-state index >= 15 is 0 Å². The summed E-state index contributed by atoms with van der Waals surface area (Å²) >= 11 is 2.08. The van der Waals surface area contributed by atoms with Gasteiger partial charge in [-0.3, -0.25) is 48.3 Å². The molecule has 64 heavy (non-hydrogen) atoms. The molecule has 7 aliphatic rings. The summed E-state index contributed by atoms with van der Waals surface area (Å²) in [5.74, 6) is -6.13. The summed E-state index contributed by atoms with van der Waals surface area (Å²) in [4.78, 5) is 98.3. The minimum absolute atomic E-state index is 0.0338. The van der Waals surface area contributed by atoms with Crippen LogP contribution < -0.4 is 4.74 Å². The quantitative estimate of drug-likeness (QED) is 0.170. The Hall–Kier alpha value is -4.45. The number of phenolic OH excluding ortho intramolecular Hbond substituents is 2. The molecule has 5 saturated heterocycles. The maximum Gasteiger partial charge on any atom is 0.242 e. The molecule has 2 aliphatic carbocycles. The van der Waals surface area contributed by atoms with E-state index < -0.39 is 130 Å². The number of fused-ring (bicyclic) bond motifs is 6. The molecule has 0 spiro atoms. The second kappa shape index (κ2) is 17.1. The van der Waals surface area contributed by atoms with E-state index in [-0.39, 0.29) is 72.3 Å². The highest BCUT2D eigenvalue weighted by molar-refractivity contribution is 8.01. The van der Waals surface area contributed by atoms with Gasteiger partial charge in [-0.15, -0.1) is 11.8 Å². The molecule has 0 radical (unpaired) electrons. The number of ketones is 3. The number of carbonyl (C=O) groups is 7. The lowest BCUT2D eigenvalue weighted by molar-refractivity contribution is -0.256. The topological polar surface area (TPSA) is 245 Å². The van der Waals surface area contributed by atoms with Crippen molar-refractivity contribution >= 4 is 64.5 Å². The van der Waals surface area contributed by atoms with Crippen molar-refractivity contribution in [2.75, 3.05) is 52.5 Å². The van der Waals surface area contributed by atoms with E-state index in [1.54, 1.807) is 13.2 Å². The number of nitrogens with zero attached hydrogens (tertiary/aromatic N) is 3. The van der Waals surface area contributed by atoms with Crippen LogP contribution in [0, 0.1) is 0 Å². The highest BCUT2D eigenvalue weighted by Crippen LogP contribution is 2.53. The van der Waals surface area contributed by atoms with Crippen molar-refractivity contribution in [1.29, 1.82) is 0 Å². The number of likely N-dealkylation sites (tertiary alicyclic amines) is 2. The number of carbonyl (C=O) groups excluding carboxylic acids is 7. The van der Waals surface area contributed by atoms with Gasteiger partial charge in [0.15, 0.2) is 30.4 Å². The number of morpholine rings is 1. The highest BCUT2D eigenvalue weighted by atomic mass is 32.2. The molecule has 2 aromatic carbocycles. The Bertz CT molecular complexity index is 2360. The summed E-state index contributed by atoms with van der Waals surface area (Å²) in [5, 5.41) is 34.9. The predicted molar refractivity (Wildman–Crippen MR) is 223 cm³/mol. The van der Waals surface area contributed by atoms with Crippen molar-refractivity contribution in [3.8, 4) is 17.2 Å². The Kier molecular flexibility index (Phi) is 11.9. The molecule has 5 aliphatic heterocycles. The summed E-state index contributed by atoms with van der Waals surface area (Å²) in [6, 6.07) is 4.13. The third-order valence-electron chi connectivity index (χ3n) is 13.4. The number of benzene rings is 2. The predicted octanol–water partition coefficient (Wildman–Crippen LogP) is 1.07. The molecule has 21 heteroatoms. The normalized spacial score (nSPS) is 32.4. The van der Waals surface area contributed by atoms with E-state index in [1.807, 2.05) is 0 Å². The lowest BCUT2D eigenvalue weighted by Crippen LogP contribution is -2.55. The number of aromatic hydroxyl groups is 2. The fourth-order valence-electron chi connectivity index (χ4n) is 10.1. The lowest BCUT2D eigenvalue weighted by Gasteiger charge is -2.43. The molecular weight excluding hydrogens is 879 g/mol. The molecule has 9 rings (SSSR count). The molecule has 2 unspecified atom stereocenters. The van der Waals surface area contributed by atoms with Gasteiger partial charge in [-0.05, 0) is 19.2 Å². The van der Waals surface area contributed by atoms with Crippen LogP contribution in [0.1, 0.15) is 81.7 Å². The summed E-state index contributed by atoms with van der Waals surface area (Å²) in [6.07, 6.45) is -3.97. The molecule has 0 saturated carbocycles. The zero-order valence-electron chi connectivity index (χ0n) is 35.3. The molecule has 19 nitrogen and oxygen atoms in total. The second-order valence-electron chi connectivity index (χ2n) is 16.8. The first-order valence-corrected chi connectivity index (χ1v) is 23.3. The van der Waals surface area contributed by atoms with Crippen molar-refractivity contribution in [1.82, 2.24) is 14.7 Å². The molecule has 10 atom stereocenters. The zero-order valence-corrected chi connectivity index (χ0v) is 36.9. The number of hydrogen-bond donors (Lipinski definition) is 3. The number of phenols is 2. The van der Waals surface area contributed by atoms with Gasteiger partial charge in [0.2, 0.25) is 29.4 Å². The number of imide groups is 2. The number of Topliss-reactive ketones (excluding diaryl/α,β-unsaturated/α-hetero) is 1. The summed E-state index contributed by atoms with van der Waals surface area (Å²) in [5.41, 5.74) is -3.83. The van der Waals surface area contributed by atoms with Crippen LogP contribution in [0.3, 0.4) is 0 Å². The molecule has 3 N–H and O–H groups in total. The molecule has 5 fully saturated rings. The average molecular weight is 926 g/mol. The molecule has 0 bridgehead atoms. The molecule has 4 amide bonds. The summed E-state index contributed by atoms with van der Waals surface area (Å²) < 4.78 is 35.9. The maximum atomic E-state index is 14.3. The third kappa shape index (κ3) is 7.23. The lowest BCUT2D eigenvalue weighted by atomic mass is 9.72. The molecular formula is C43H47N3O16S2. The first kappa shape index (κ1) is 44.7. The Balaban J connectivity index is 0.995. The van der Waals surface area contributed by atoms with E-state index in [9.17, 15) is 48.9 Å². The van der Waals surface area contributed by atoms with Crippen molar-refractivity contribution in [2.45, 2.75) is 98.3 Å². The minimum Gasteiger partial charge on any atom is -0.507 e.